The number of aromatic nitrogens is 1. The molecule has 0 radical (unpaired) electrons. The molecule has 1 amide bonds. The van der Waals surface area contributed by atoms with Crippen molar-refractivity contribution >= 4 is 11.5 Å². The van der Waals surface area contributed by atoms with Crippen molar-refractivity contribution in [2.75, 3.05) is 13.8 Å². The van der Waals surface area contributed by atoms with E-state index in [9.17, 15) is 9.18 Å². The summed E-state index contributed by atoms with van der Waals surface area (Å²) in [5.41, 5.74) is 9.20. The summed E-state index contributed by atoms with van der Waals surface area (Å²) in [7, 11) is 1.82. The van der Waals surface area contributed by atoms with E-state index in [1.165, 1.54) is 0 Å². The van der Waals surface area contributed by atoms with Gasteiger partial charge >= 0.3 is 0 Å². The Labute approximate surface area is 146 Å². The number of carbonyl (C=O) groups excluding carboxylic acids is 1. The van der Waals surface area contributed by atoms with Gasteiger partial charge in [0.05, 0.1) is 6.04 Å². The summed E-state index contributed by atoms with van der Waals surface area (Å²) in [5, 5.41) is 3.45. The van der Waals surface area contributed by atoms with Gasteiger partial charge in [0.25, 0.3) is 0 Å². The van der Waals surface area contributed by atoms with Gasteiger partial charge in [0.1, 0.15) is 0 Å². The van der Waals surface area contributed by atoms with E-state index in [0.29, 0.717) is 6.42 Å². The number of hydrogen-bond donors (Lipinski definition) is 1. The highest BCUT2D eigenvalue weighted by molar-refractivity contribution is 5.78. The van der Waals surface area contributed by atoms with E-state index in [-0.39, 0.29) is 18.4 Å². The second-order valence-electron chi connectivity index (χ2n) is 5.96. The average molecular weight is 340 g/mol. The van der Waals surface area contributed by atoms with Crippen LogP contribution in [0.4, 0.5) is 4.39 Å². The SMILES string of the molecule is CN1C(CCC(N)=O)=C(c2ccccc2)C(c2ccncc2)N1CF. The van der Waals surface area contributed by atoms with Crippen LogP contribution in [0.5, 0.6) is 0 Å². The molecule has 1 atom stereocenters. The summed E-state index contributed by atoms with van der Waals surface area (Å²) in [5.74, 6) is -0.368. The van der Waals surface area contributed by atoms with Gasteiger partial charge in [-0.25, -0.2) is 4.39 Å². The molecule has 6 heteroatoms. The van der Waals surface area contributed by atoms with E-state index in [1.807, 2.05) is 49.5 Å². The Kier molecular flexibility index (Phi) is 5.09. The number of pyridine rings is 1. The summed E-state index contributed by atoms with van der Waals surface area (Å²) in [6.45, 7) is -0.639. The summed E-state index contributed by atoms with van der Waals surface area (Å²) in [6, 6.07) is 13.4. The molecule has 2 heterocycles. The molecule has 25 heavy (non-hydrogen) atoms. The van der Waals surface area contributed by atoms with Gasteiger partial charge in [-0.05, 0) is 29.7 Å². The van der Waals surface area contributed by atoms with Crippen LogP contribution < -0.4 is 5.73 Å². The minimum atomic E-state index is -0.639. The number of alkyl halides is 1. The molecule has 1 aliphatic heterocycles. The highest BCUT2D eigenvalue weighted by Gasteiger charge is 2.38. The number of allylic oxidation sites excluding steroid dienone is 1. The van der Waals surface area contributed by atoms with Gasteiger partial charge in [0.2, 0.25) is 5.91 Å². The molecule has 3 rings (SSSR count). The van der Waals surface area contributed by atoms with Gasteiger partial charge in [-0.15, -0.1) is 0 Å². The van der Waals surface area contributed by atoms with Gasteiger partial charge in [-0.2, -0.15) is 5.01 Å². The maximum absolute atomic E-state index is 13.9. The maximum atomic E-state index is 13.9. The van der Waals surface area contributed by atoms with Crippen LogP contribution >= 0.6 is 0 Å². The van der Waals surface area contributed by atoms with Crippen molar-refractivity contribution in [3.8, 4) is 0 Å². The van der Waals surface area contributed by atoms with Crippen molar-refractivity contribution in [1.29, 1.82) is 0 Å². The number of rotatable bonds is 6. The van der Waals surface area contributed by atoms with Crippen molar-refractivity contribution in [2.45, 2.75) is 18.9 Å². The predicted octanol–water partition coefficient (Wildman–Crippen LogP) is 2.89. The van der Waals surface area contributed by atoms with Crippen LogP contribution in [0.3, 0.4) is 0 Å². The topological polar surface area (TPSA) is 62.5 Å². The summed E-state index contributed by atoms with van der Waals surface area (Å²) in [6.07, 6.45) is 4.10. The fraction of sp³-hybridized carbons (Fsp3) is 0.263. The predicted molar refractivity (Wildman–Crippen MR) is 94.3 cm³/mol. The monoisotopic (exact) mass is 340 g/mol. The second kappa shape index (κ2) is 7.44. The molecule has 1 unspecified atom stereocenters. The van der Waals surface area contributed by atoms with E-state index in [1.54, 1.807) is 22.4 Å². The van der Waals surface area contributed by atoms with E-state index < -0.39 is 6.80 Å². The van der Waals surface area contributed by atoms with Crippen LogP contribution in [0.2, 0.25) is 0 Å². The van der Waals surface area contributed by atoms with Gasteiger partial charge < -0.3 is 10.7 Å². The van der Waals surface area contributed by atoms with Crippen LogP contribution in [0.15, 0.2) is 60.6 Å². The van der Waals surface area contributed by atoms with Gasteiger partial charge in [0.15, 0.2) is 6.80 Å². The quantitative estimate of drug-likeness (QED) is 0.822. The van der Waals surface area contributed by atoms with Crippen molar-refractivity contribution in [3.63, 3.8) is 0 Å². The largest absolute Gasteiger partial charge is 0.370 e. The molecule has 1 aliphatic rings. The molecule has 0 fully saturated rings. The Morgan fingerprint density at radius 1 is 1.20 bits per heavy atom. The Morgan fingerprint density at radius 3 is 2.48 bits per heavy atom. The summed E-state index contributed by atoms with van der Waals surface area (Å²) < 4.78 is 13.9. The third-order valence-electron chi connectivity index (χ3n) is 4.50. The van der Waals surface area contributed by atoms with Gasteiger partial charge in [-0.1, -0.05) is 30.3 Å². The lowest BCUT2D eigenvalue weighted by Gasteiger charge is -2.30. The first-order valence-electron chi connectivity index (χ1n) is 8.16. The van der Waals surface area contributed by atoms with E-state index in [0.717, 1.165) is 22.4 Å². The minimum absolute atomic E-state index is 0.221. The molecule has 2 N–H and O–H groups in total. The van der Waals surface area contributed by atoms with Crippen LogP contribution in [0.1, 0.15) is 30.0 Å². The molecule has 1 aromatic carbocycles. The van der Waals surface area contributed by atoms with Crippen LogP contribution in [-0.2, 0) is 4.79 Å². The number of amides is 1. The molecule has 0 saturated heterocycles. The summed E-state index contributed by atoms with van der Waals surface area (Å²) in [4.78, 5) is 15.4. The third kappa shape index (κ3) is 3.39. The molecule has 0 saturated carbocycles. The Morgan fingerprint density at radius 2 is 1.88 bits per heavy atom. The number of halogens is 1. The first kappa shape index (κ1) is 17.1. The molecule has 1 aromatic heterocycles. The van der Waals surface area contributed by atoms with Crippen molar-refractivity contribution in [2.24, 2.45) is 5.73 Å². The highest BCUT2D eigenvalue weighted by Crippen LogP contribution is 2.45. The molecule has 0 aliphatic carbocycles. The lowest BCUT2D eigenvalue weighted by molar-refractivity contribution is -0.118. The molecular formula is C19H21FN4O. The minimum Gasteiger partial charge on any atom is -0.370 e. The first-order valence-corrected chi connectivity index (χ1v) is 8.16. The third-order valence-corrected chi connectivity index (χ3v) is 4.50. The molecule has 0 bridgehead atoms. The highest BCUT2D eigenvalue weighted by atomic mass is 19.1. The maximum Gasteiger partial charge on any atom is 0.217 e. The Hall–Kier alpha value is -2.73. The smallest absolute Gasteiger partial charge is 0.217 e. The van der Waals surface area contributed by atoms with E-state index >= 15 is 0 Å². The molecule has 130 valence electrons. The van der Waals surface area contributed by atoms with Gasteiger partial charge in [-0.3, -0.25) is 9.78 Å². The number of nitrogens with two attached hydrogens (primary N) is 1. The zero-order valence-corrected chi connectivity index (χ0v) is 14.1. The molecule has 2 aromatic rings. The Balaban J connectivity index is 2.13. The van der Waals surface area contributed by atoms with E-state index in [2.05, 4.69) is 4.98 Å². The first-order chi connectivity index (χ1) is 12.1. The average Bonchev–Trinajstić information content (AvgIpc) is 2.93. The molecule has 5 nitrogen and oxygen atoms in total. The van der Waals surface area contributed by atoms with Crippen LogP contribution in [0, 0.1) is 0 Å². The van der Waals surface area contributed by atoms with Crippen molar-refractivity contribution in [3.05, 3.63) is 71.7 Å². The second-order valence-corrected chi connectivity index (χ2v) is 5.96. The van der Waals surface area contributed by atoms with Gasteiger partial charge in [0, 0.05) is 37.1 Å². The number of nitrogens with zero attached hydrogens (tertiary/aromatic N) is 3. The van der Waals surface area contributed by atoms with Crippen LogP contribution in [-0.4, -0.2) is 34.8 Å². The zero-order chi connectivity index (χ0) is 17.8. The van der Waals surface area contributed by atoms with Crippen molar-refractivity contribution in [1.82, 2.24) is 15.0 Å². The van der Waals surface area contributed by atoms with Crippen LogP contribution in [0.25, 0.3) is 5.57 Å². The fourth-order valence-electron chi connectivity index (χ4n) is 3.32. The van der Waals surface area contributed by atoms with E-state index in [4.69, 9.17) is 5.73 Å². The number of primary amides is 1. The normalized spacial score (nSPS) is 18.0. The number of benzene rings is 1. The molecule has 0 spiro atoms. The lowest BCUT2D eigenvalue weighted by atomic mass is 9.91. The molecular weight excluding hydrogens is 319 g/mol. The lowest BCUT2D eigenvalue weighted by Crippen LogP contribution is -2.35. The summed E-state index contributed by atoms with van der Waals surface area (Å²) >= 11 is 0. The number of hydrazine groups is 1. The fourth-order valence-corrected chi connectivity index (χ4v) is 3.32. The Bertz CT molecular complexity index is 764. The van der Waals surface area contributed by atoms with Crippen molar-refractivity contribution < 1.29 is 9.18 Å². The number of hydrogen-bond acceptors (Lipinski definition) is 4. The number of carbonyl (C=O) groups is 1. The standard InChI is InChI=1S/C19H21FN4O/c1-23-16(7-8-17(21)25)18(14-5-3-2-4-6-14)19(24(23)13-20)15-9-11-22-12-10-15/h2-6,9-12,19H,7-8,13H2,1H3,(H2,21,25). The zero-order valence-electron chi connectivity index (χ0n) is 14.1.